The van der Waals surface area contributed by atoms with Gasteiger partial charge in [-0.1, -0.05) is 13.3 Å². The van der Waals surface area contributed by atoms with Crippen LogP contribution in [0, 0.1) is 0 Å². The number of ether oxygens (including phenoxy) is 1. The van der Waals surface area contributed by atoms with Crippen molar-refractivity contribution in [1.29, 1.82) is 0 Å². The minimum absolute atomic E-state index is 0.190. The van der Waals surface area contributed by atoms with E-state index in [0.717, 1.165) is 12.8 Å². The summed E-state index contributed by atoms with van der Waals surface area (Å²) in [5.41, 5.74) is 5.30. The van der Waals surface area contributed by atoms with Crippen molar-refractivity contribution in [1.82, 2.24) is 0 Å². The van der Waals surface area contributed by atoms with Crippen molar-refractivity contribution in [3.8, 4) is 0 Å². The van der Waals surface area contributed by atoms with Crippen LogP contribution in [0.4, 0.5) is 0 Å². The van der Waals surface area contributed by atoms with Crippen molar-refractivity contribution in [3.05, 3.63) is 0 Å². The molecule has 0 aliphatic rings. The summed E-state index contributed by atoms with van der Waals surface area (Å²) in [4.78, 5) is 21.4. The summed E-state index contributed by atoms with van der Waals surface area (Å²) >= 11 is 1.37. The first-order valence-corrected chi connectivity index (χ1v) is 6.45. The van der Waals surface area contributed by atoms with Crippen LogP contribution < -0.4 is 5.73 Å². The van der Waals surface area contributed by atoms with Gasteiger partial charge in [-0.3, -0.25) is 9.59 Å². The normalized spacial score (nSPS) is 12.1. The molecule has 0 amide bonds. The maximum atomic E-state index is 11.1. The fraction of sp³-hybridized carbons (Fsp3) is 0.800. The van der Waals surface area contributed by atoms with Gasteiger partial charge in [-0.15, -0.1) is 0 Å². The molecule has 0 unspecified atom stereocenters. The summed E-state index contributed by atoms with van der Waals surface area (Å²) in [6, 6.07) is -0.846. The fourth-order valence-corrected chi connectivity index (χ4v) is 1.65. The SMILES string of the molecule is CCCCC(=O)OCCSC[C@H](N)C(=O)O. The van der Waals surface area contributed by atoms with Crippen LogP contribution in [0.1, 0.15) is 26.2 Å². The number of carboxylic acid groups (broad SMARTS) is 1. The Morgan fingerprint density at radius 3 is 2.75 bits per heavy atom. The standard InChI is InChI=1S/C10H19NO4S/c1-2-3-4-9(12)15-5-6-16-7-8(11)10(13)14/h8H,2-7,11H2,1H3,(H,13,14)/t8-/m0/s1. The van der Waals surface area contributed by atoms with E-state index in [1.165, 1.54) is 11.8 Å². The molecule has 0 bridgehead atoms. The first kappa shape index (κ1) is 15.2. The zero-order valence-corrected chi connectivity index (χ0v) is 10.3. The Balaban J connectivity index is 3.33. The second kappa shape index (κ2) is 9.47. The van der Waals surface area contributed by atoms with E-state index >= 15 is 0 Å². The molecule has 0 spiro atoms. The molecule has 0 saturated heterocycles. The number of carboxylic acids is 1. The van der Waals surface area contributed by atoms with E-state index in [-0.39, 0.29) is 5.97 Å². The van der Waals surface area contributed by atoms with Crippen molar-refractivity contribution in [2.75, 3.05) is 18.1 Å². The molecule has 3 N–H and O–H groups in total. The molecule has 0 aromatic carbocycles. The van der Waals surface area contributed by atoms with Gasteiger partial charge in [0, 0.05) is 17.9 Å². The number of hydrogen-bond acceptors (Lipinski definition) is 5. The molecule has 0 aromatic rings. The van der Waals surface area contributed by atoms with Crippen molar-refractivity contribution in [3.63, 3.8) is 0 Å². The molecule has 0 aliphatic carbocycles. The second-order valence-corrected chi connectivity index (χ2v) is 4.49. The summed E-state index contributed by atoms with van der Waals surface area (Å²) in [5, 5.41) is 8.50. The van der Waals surface area contributed by atoms with Crippen LogP contribution in [0.15, 0.2) is 0 Å². The Hall–Kier alpha value is -0.750. The van der Waals surface area contributed by atoms with Crippen LogP contribution in [-0.4, -0.2) is 41.2 Å². The Morgan fingerprint density at radius 2 is 2.19 bits per heavy atom. The van der Waals surface area contributed by atoms with Crippen LogP contribution >= 0.6 is 11.8 Å². The molecule has 0 heterocycles. The van der Waals surface area contributed by atoms with Crippen LogP contribution in [0.25, 0.3) is 0 Å². The van der Waals surface area contributed by atoms with Crippen LogP contribution in [0.3, 0.4) is 0 Å². The van der Waals surface area contributed by atoms with E-state index < -0.39 is 12.0 Å². The number of nitrogens with two attached hydrogens (primary N) is 1. The minimum atomic E-state index is -1.01. The third-order valence-electron chi connectivity index (χ3n) is 1.84. The summed E-state index contributed by atoms with van der Waals surface area (Å²) in [7, 11) is 0. The van der Waals surface area contributed by atoms with E-state index in [2.05, 4.69) is 0 Å². The molecule has 6 heteroatoms. The zero-order valence-electron chi connectivity index (χ0n) is 9.48. The highest BCUT2D eigenvalue weighted by Gasteiger charge is 2.10. The van der Waals surface area contributed by atoms with Crippen molar-refractivity contribution in [2.24, 2.45) is 5.73 Å². The van der Waals surface area contributed by atoms with Gasteiger partial charge in [0.05, 0.1) is 0 Å². The van der Waals surface area contributed by atoms with Crippen molar-refractivity contribution < 1.29 is 19.4 Å². The van der Waals surface area contributed by atoms with Gasteiger partial charge in [0.1, 0.15) is 12.6 Å². The first-order chi connectivity index (χ1) is 7.57. The third kappa shape index (κ3) is 8.55. The number of rotatable bonds is 9. The average Bonchev–Trinajstić information content (AvgIpc) is 2.25. The Morgan fingerprint density at radius 1 is 1.50 bits per heavy atom. The third-order valence-corrected chi connectivity index (χ3v) is 2.89. The van der Waals surface area contributed by atoms with Gasteiger partial charge in [-0.25, -0.2) is 0 Å². The maximum Gasteiger partial charge on any atom is 0.321 e. The lowest BCUT2D eigenvalue weighted by Gasteiger charge is -2.06. The highest BCUT2D eigenvalue weighted by atomic mass is 32.2. The summed E-state index contributed by atoms with van der Waals surface area (Å²) in [5.74, 6) is -0.279. The van der Waals surface area contributed by atoms with E-state index in [4.69, 9.17) is 15.6 Å². The van der Waals surface area contributed by atoms with Gasteiger partial charge in [-0.2, -0.15) is 11.8 Å². The first-order valence-electron chi connectivity index (χ1n) is 5.29. The van der Waals surface area contributed by atoms with Crippen LogP contribution in [0.2, 0.25) is 0 Å². The van der Waals surface area contributed by atoms with Gasteiger partial charge in [-0.05, 0) is 6.42 Å². The number of carbonyl (C=O) groups excluding carboxylic acids is 1. The van der Waals surface area contributed by atoms with Gasteiger partial charge >= 0.3 is 11.9 Å². The Labute approximate surface area is 99.7 Å². The maximum absolute atomic E-state index is 11.1. The van der Waals surface area contributed by atoms with E-state index in [1.54, 1.807) is 0 Å². The molecule has 0 fully saturated rings. The predicted molar refractivity (Wildman–Crippen MR) is 63.4 cm³/mol. The van der Waals surface area contributed by atoms with E-state index in [0.29, 0.717) is 24.5 Å². The van der Waals surface area contributed by atoms with Crippen LogP contribution in [0.5, 0.6) is 0 Å². The minimum Gasteiger partial charge on any atom is -0.480 e. The van der Waals surface area contributed by atoms with Crippen molar-refractivity contribution >= 4 is 23.7 Å². The molecule has 0 rings (SSSR count). The number of esters is 1. The molecular weight excluding hydrogens is 230 g/mol. The molecule has 5 nitrogen and oxygen atoms in total. The molecule has 94 valence electrons. The summed E-state index contributed by atoms with van der Waals surface area (Å²) in [6.07, 6.45) is 2.27. The molecule has 0 aromatic heterocycles. The van der Waals surface area contributed by atoms with Gasteiger partial charge in [0.2, 0.25) is 0 Å². The van der Waals surface area contributed by atoms with E-state index in [1.807, 2.05) is 6.92 Å². The molecule has 0 saturated carbocycles. The topological polar surface area (TPSA) is 89.6 Å². The largest absolute Gasteiger partial charge is 0.480 e. The molecular formula is C10H19NO4S. The van der Waals surface area contributed by atoms with Crippen LogP contribution in [-0.2, 0) is 14.3 Å². The molecule has 0 aliphatic heterocycles. The lowest BCUT2D eigenvalue weighted by Crippen LogP contribution is -2.32. The average molecular weight is 249 g/mol. The van der Waals surface area contributed by atoms with Gasteiger partial charge in [0.15, 0.2) is 0 Å². The molecule has 0 radical (unpaired) electrons. The van der Waals surface area contributed by atoms with Gasteiger partial charge in [0.25, 0.3) is 0 Å². The number of hydrogen-bond donors (Lipinski definition) is 2. The van der Waals surface area contributed by atoms with Gasteiger partial charge < -0.3 is 15.6 Å². The highest BCUT2D eigenvalue weighted by molar-refractivity contribution is 7.99. The lowest BCUT2D eigenvalue weighted by atomic mass is 10.3. The smallest absolute Gasteiger partial charge is 0.321 e. The molecule has 16 heavy (non-hydrogen) atoms. The Bertz CT molecular complexity index is 223. The number of thioether (sulfide) groups is 1. The number of carbonyl (C=O) groups is 2. The number of unbranched alkanes of at least 4 members (excludes halogenated alkanes) is 1. The number of aliphatic carboxylic acids is 1. The predicted octanol–water partition coefficient (Wildman–Crippen LogP) is 0.865. The monoisotopic (exact) mass is 249 g/mol. The zero-order chi connectivity index (χ0) is 12.4. The second-order valence-electron chi connectivity index (χ2n) is 3.34. The lowest BCUT2D eigenvalue weighted by molar-refractivity contribution is -0.143. The summed E-state index contributed by atoms with van der Waals surface area (Å²) < 4.78 is 4.94. The van der Waals surface area contributed by atoms with Crippen molar-refractivity contribution in [2.45, 2.75) is 32.2 Å². The Kier molecular flexibility index (Phi) is 9.03. The highest BCUT2D eigenvalue weighted by Crippen LogP contribution is 2.03. The quantitative estimate of drug-likeness (QED) is 0.465. The summed E-state index contributed by atoms with van der Waals surface area (Å²) in [6.45, 7) is 2.33. The fourth-order valence-electron chi connectivity index (χ4n) is 0.889. The van der Waals surface area contributed by atoms with E-state index in [9.17, 15) is 9.59 Å². The molecule has 1 atom stereocenters.